The number of rotatable bonds is 3. The Labute approximate surface area is 127 Å². The van der Waals surface area contributed by atoms with Crippen LogP contribution in [0.5, 0.6) is 0 Å². The van der Waals surface area contributed by atoms with Gasteiger partial charge in [0.05, 0.1) is 0 Å². The standard InChI is InChI=1S/C15H19F3N2O2/c1-19(2)13(21)12(11-6-4-3-5-7-11)20-9-8-14(22,10-20)15(16,17)18/h3-7,12,22H,8-10H2,1-2H3/t12-,14+/m1/s1. The zero-order valence-corrected chi connectivity index (χ0v) is 12.5. The molecule has 2 atom stereocenters. The first-order valence-electron chi connectivity index (χ1n) is 6.95. The second-order valence-electron chi connectivity index (χ2n) is 5.80. The number of alkyl halides is 3. The summed E-state index contributed by atoms with van der Waals surface area (Å²) in [4.78, 5) is 15.2. The normalized spacial score (nSPS) is 24.3. The average Bonchev–Trinajstić information content (AvgIpc) is 2.83. The van der Waals surface area contributed by atoms with Crippen LogP contribution in [0.25, 0.3) is 0 Å². The number of likely N-dealkylation sites (tertiary alicyclic amines) is 1. The lowest BCUT2D eigenvalue weighted by Crippen LogP contribution is -2.48. The zero-order chi connectivity index (χ0) is 16.5. The molecule has 1 aromatic carbocycles. The highest BCUT2D eigenvalue weighted by atomic mass is 19.4. The van der Waals surface area contributed by atoms with Crippen LogP contribution in [-0.2, 0) is 4.79 Å². The van der Waals surface area contributed by atoms with E-state index in [0.29, 0.717) is 5.56 Å². The summed E-state index contributed by atoms with van der Waals surface area (Å²) in [6.07, 6.45) is -5.13. The van der Waals surface area contributed by atoms with Crippen molar-refractivity contribution in [2.24, 2.45) is 0 Å². The highest BCUT2D eigenvalue weighted by molar-refractivity contribution is 5.83. The van der Waals surface area contributed by atoms with Crippen molar-refractivity contribution in [2.75, 3.05) is 27.2 Å². The quantitative estimate of drug-likeness (QED) is 0.925. The van der Waals surface area contributed by atoms with Crippen molar-refractivity contribution in [1.29, 1.82) is 0 Å². The monoisotopic (exact) mass is 316 g/mol. The maximum atomic E-state index is 13.0. The van der Waals surface area contributed by atoms with E-state index in [1.54, 1.807) is 44.4 Å². The third kappa shape index (κ3) is 3.10. The molecule has 0 aliphatic carbocycles. The summed E-state index contributed by atoms with van der Waals surface area (Å²) in [7, 11) is 3.12. The van der Waals surface area contributed by atoms with Crippen molar-refractivity contribution >= 4 is 5.91 Å². The first-order chi connectivity index (χ1) is 10.2. The van der Waals surface area contributed by atoms with Gasteiger partial charge in [0.1, 0.15) is 6.04 Å². The number of aliphatic hydroxyl groups is 1. The van der Waals surface area contributed by atoms with Crippen molar-refractivity contribution in [3.8, 4) is 0 Å². The van der Waals surface area contributed by atoms with Crippen LogP contribution in [0.2, 0.25) is 0 Å². The lowest BCUT2D eigenvalue weighted by Gasteiger charge is -2.31. The Bertz CT molecular complexity index is 533. The minimum absolute atomic E-state index is 0.00908. The molecule has 7 heteroatoms. The molecule has 2 rings (SSSR count). The Morgan fingerprint density at radius 3 is 2.36 bits per heavy atom. The van der Waals surface area contributed by atoms with Crippen LogP contribution in [-0.4, -0.2) is 59.8 Å². The van der Waals surface area contributed by atoms with Gasteiger partial charge in [-0.05, 0) is 12.0 Å². The number of benzene rings is 1. The predicted octanol–water partition coefficient (Wildman–Crippen LogP) is 1.81. The van der Waals surface area contributed by atoms with Gasteiger partial charge in [-0.1, -0.05) is 30.3 Å². The fourth-order valence-corrected chi connectivity index (χ4v) is 2.66. The van der Waals surface area contributed by atoms with Gasteiger partial charge in [-0.15, -0.1) is 0 Å². The van der Waals surface area contributed by atoms with Gasteiger partial charge in [0, 0.05) is 27.2 Å². The van der Waals surface area contributed by atoms with Crippen LogP contribution in [0.4, 0.5) is 13.2 Å². The van der Waals surface area contributed by atoms with Gasteiger partial charge in [0.25, 0.3) is 0 Å². The lowest BCUT2D eigenvalue weighted by atomic mass is 10.0. The van der Waals surface area contributed by atoms with Gasteiger partial charge in [0.15, 0.2) is 5.60 Å². The number of nitrogens with zero attached hydrogens (tertiary/aromatic N) is 2. The Morgan fingerprint density at radius 2 is 1.91 bits per heavy atom. The summed E-state index contributed by atoms with van der Waals surface area (Å²) in [5.41, 5.74) is -2.14. The van der Waals surface area contributed by atoms with Crippen LogP contribution in [0.15, 0.2) is 30.3 Å². The Kier molecular flexibility index (Phi) is 4.49. The molecule has 1 fully saturated rings. The molecule has 0 bridgehead atoms. The molecule has 22 heavy (non-hydrogen) atoms. The minimum Gasteiger partial charge on any atom is -0.379 e. The molecule has 0 radical (unpaired) electrons. The Balaban J connectivity index is 2.31. The number of likely N-dealkylation sites (N-methyl/N-ethyl adjacent to an activating group) is 1. The first-order valence-corrected chi connectivity index (χ1v) is 6.95. The van der Waals surface area contributed by atoms with Crippen LogP contribution < -0.4 is 0 Å². The van der Waals surface area contributed by atoms with E-state index in [0.717, 1.165) is 0 Å². The van der Waals surface area contributed by atoms with Gasteiger partial charge in [-0.25, -0.2) is 0 Å². The van der Waals surface area contributed by atoms with Crippen molar-refractivity contribution in [3.05, 3.63) is 35.9 Å². The molecule has 1 N–H and O–H groups in total. The molecule has 4 nitrogen and oxygen atoms in total. The van der Waals surface area contributed by atoms with Gasteiger partial charge < -0.3 is 10.0 Å². The molecule has 1 aliphatic rings. The van der Waals surface area contributed by atoms with E-state index in [4.69, 9.17) is 0 Å². The van der Waals surface area contributed by atoms with Crippen LogP contribution in [0.3, 0.4) is 0 Å². The first kappa shape index (κ1) is 16.8. The molecule has 0 saturated carbocycles. The molecule has 1 heterocycles. The fraction of sp³-hybridized carbons (Fsp3) is 0.533. The third-order valence-electron chi connectivity index (χ3n) is 3.96. The van der Waals surface area contributed by atoms with Gasteiger partial charge >= 0.3 is 6.18 Å². The topological polar surface area (TPSA) is 43.8 Å². The highest BCUT2D eigenvalue weighted by Gasteiger charge is 2.58. The van der Waals surface area contributed by atoms with Crippen molar-refractivity contribution in [1.82, 2.24) is 9.80 Å². The number of amides is 1. The van der Waals surface area contributed by atoms with Gasteiger partial charge in [-0.3, -0.25) is 9.69 Å². The smallest absolute Gasteiger partial charge is 0.379 e. The average molecular weight is 316 g/mol. The summed E-state index contributed by atoms with van der Waals surface area (Å²) < 4.78 is 38.9. The molecule has 0 aromatic heterocycles. The number of hydrogen-bond donors (Lipinski definition) is 1. The van der Waals surface area contributed by atoms with E-state index in [9.17, 15) is 23.1 Å². The number of carbonyl (C=O) groups excluding carboxylic acids is 1. The van der Waals surface area contributed by atoms with E-state index in [1.807, 2.05) is 0 Å². The fourth-order valence-electron chi connectivity index (χ4n) is 2.66. The zero-order valence-electron chi connectivity index (χ0n) is 12.5. The number of halogens is 3. The van der Waals surface area contributed by atoms with Crippen molar-refractivity contribution < 1.29 is 23.1 Å². The molecule has 122 valence electrons. The minimum atomic E-state index is -4.70. The maximum absolute atomic E-state index is 13.0. The molecule has 0 unspecified atom stereocenters. The van der Waals surface area contributed by atoms with Gasteiger partial charge in [0.2, 0.25) is 5.91 Å². The Morgan fingerprint density at radius 1 is 1.32 bits per heavy atom. The third-order valence-corrected chi connectivity index (χ3v) is 3.96. The summed E-state index contributed by atoms with van der Waals surface area (Å²) >= 11 is 0. The van der Waals surface area contributed by atoms with Crippen LogP contribution in [0, 0.1) is 0 Å². The van der Waals surface area contributed by atoms with E-state index in [1.165, 1.54) is 9.80 Å². The lowest BCUT2D eigenvalue weighted by molar-refractivity contribution is -0.254. The second kappa shape index (κ2) is 5.89. The maximum Gasteiger partial charge on any atom is 0.418 e. The molecule has 0 spiro atoms. The van der Waals surface area contributed by atoms with E-state index in [-0.39, 0.29) is 12.5 Å². The summed E-state index contributed by atoms with van der Waals surface area (Å²) in [5.74, 6) is -0.308. The number of β-amino-alcohol motifs (C(OH)–C–C–N with tert-alkyl or cyclic N) is 1. The molecule has 1 amide bonds. The van der Waals surface area contributed by atoms with Gasteiger partial charge in [-0.2, -0.15) is 13.2 Å². The molecular formula is C15H19F3N2O2. The molecule has 1 saturated heterocycles. The Hall–Kier alpha value is -1.60. The van der Waals surface area contributed by atoms with E-state index >= 15 is 0 Å². The van der Waals surface area contributed by atoms with Crippen molar-refractivity contribution in [3.63, 3.8) is 0 Å². The summed E-state index contributed by atoms with van der Waals surface area (Å²) in [6, 6.07) is 7.83. The second-order valence-corrected chi connectivity index (χ2v) is 5.80. The SMILES string of the molecule is CN(C)C(=O)[C@@H](c1ccccc1)N1CC[C@@](O)(C(F)(F)F)C1. The van der Waals surface area contributed by atoms with Crippen molar-refractivity contribution in [2.45, 2.75) is 24.2 Å². The molecule has 1 aliphatic heterocycles. The largest absolute Gasteiger partial charge is 0.418 e. The predicted molar refractivity (Wildman–Crippen MR) is 75.1 cm³/mol. The summed E-state index contributed by atoms with van der Waals surface area (Å²) in [6.45, 7) is -0.592. The van der Waals surface area contributed by atoms with E-state index in [2.05, 4.69) is 0 Å². The number of carbonyl (C=O) groups is 1. The molecular weight excluding hydrogens is 297 g/mol. The number of hydrogen-bond acceptors (Lipinski definition) is 3. The van der Waals surface area contributed by atoms with E-state index < -0.39 is 30.8 Å². The summed E-state index contributed by atoms with van der Waals surface area (Å²) in [5, 5.41) is 9.82. The molecule has 1 aromatic rings. The van der Waals surface area contributed by atoms with Crippen LogP contribution in [0.1, 0.15) is 18.0 Å². The highest BCUT2D eigenvalue weighted by Crippen LogP contribution is 2.40. The van der Waals surface area contributed by atoms with Crippen LogP contribution >= 0.6 is 0 Å².